The Bertz CT molecular complexity index is 817. The van der Waals surface area contributed by atoms with Gasteiger partial charge in [-0.15, -0.1) is 0 Å². The fraction of sp³-hybridized carbons (Fsp3) is 0.0667. The minimum absolute atomic E-state index is 0.152. The highest BCUT2D eigenvalue weighted by atomic mass is 79.9. The molecule has 6 heteroatoms. The third kappa shape index (κ3) is 2.67. The normalized spacial score (nSPS) is 10.8. The molecule has 106 valence electrons. The van der Waals surface area contributed by atoms with Crippen molar-refractivity contribution in [2.24, 2.45) is 0 Å². The van der Waals surface area contributed by atoms with Crippen molar-refractivity contribution in [1.29, 1.82) is 0 Å². The molecule has 0 amide bonds. The first-order valence-electron chi connectivity index (χ1n) is 6.14. The van der Waals surface area contributed by atoms with E-state index in [0.29, 0.717) is 15.6 Å². The minimum atomic E-state index is -0.382. The molecule has 0 spiro atoms. The standard InChI is InChI=1S/C15H10BrFN2O2/c1-8-2-3-9(6-13(8)20)15-18-14(19-21-15)11-7-10(17)4-5-12(11)16/h2-7,20H,1H3. The molecule has 0 aliphatic carbocycles. The Hall–Kier alpha value is -2.21. The Balaban J connectivity index is 2.03. The monoisotopic (exact) mass is 348 g/mol. The average molecular weight is 349 g/mol. The fourth-order valence-corrected chi connectivity index (χ4v) is 2.29. The van der Waals surface area contributed by atoms with Crippen molar-refractivity contribution in [3.8, 4) is 28.6 Å². The first kappa shape index (κ1) is 13.8. The van der Waals surface area contributed by atoms with Crippen molar-refractivity contribution in [2.45, 2.75) is 6.92 Å². The molecular weight excluding hydrogens is 339 g/mol. The van der Waals surface area contributed by atoms with Gasteiger partial charge in [0.05, 0.1) is 0 Å². The summed E-state index contributed by atoms with van der Waals surface area (Å²) in [4.78, 5) is 4.24. The van der Waals surface area contributed by atoms with Crippen LogP contribution >= 0.6 is 15.9 Å². The summed E-state index contributed by atoms with van der Waals surface area (Å²) in [6, 6.07) is 9.32. The fourth-order valence-electron chi connectivity index (χ4n) is 1.86. The zero-order chi connectivity index (χ0) is 15.0. The second-order valence-electron chi connectivity index (χ2n) is 4.55. The van der Waals surface area contributed by atoms with Crippen LogP contribution in [0, 0.1) is 12.7 Å². The predicted octanol–water partition coefficient (Wildman–Crippen LogP) is 4.32. The molecule has 1 heterocycles. The lowest BCUT2D eigenvalue weighted by Gasteiger charge is -2.00. The largest absolute Gasteiger partial charge is 0.508 e. The summed E-state index contributed by atoms with van der Waals surface area (Å²) in [7, 11) is 0. The number of aryl methyl sites for hydroxylation is 1. The molecule has 3 aromatic rings. The molecule has 0 saturated carbocycles. The highest BCUT2D eigenvalue weighted by Gasteiger charge is 2.14. The third-order valence-corrected chi connectivity index (χ3v) is 3.74. The number of hydrogen-bond donors (Lipinski definition) is 1. The van der Waals surface area contributed by atoms with Crippen molar-refractivity contribution in [3.05, 3.63) is 52.3 Å². The van der Waals surface area contributed by atoms with E-state index < -0.39 is 0 Å². The van der Waals surface area contributed by atoms with Gasteiger partial charge >= 0.3 is 0 Å². The molecule has 0 bridgehead atoms. The van der Waals surface area contributed by atoms with Gasteiger partial charge in [0.25, 0.3) is 5.89 Å². The number of benzene rings is 2. The molecule has 0 atom stereocenters. The summed E-state index contributed by atoms with van der Waals surface area (Å²) in [6.45, 7) is 1.79. The van der Waals surface area contributed by atoms with Crippen LogP contribution < -0.4 is 0 Å². The number of nitrogens with zero attached hydrogens (tertiary/aromatic N) is 2. The van der Waals surface area contributed by atoms with E-state index >= 15 is 0 Å². The van der Waals surface area contributed by atoms with E-state index in [2.05, 4.69) is 26.1 Å². The smallest absolute Gasteiger partial charge is 0.258 e. The quantitative estimate of drug-likeness (QED) is 0.749. The summed E-state index contributed by atoms with van der Waals surface area (Å²) in [5.41, 5.74) is 1.86. The van der Waals surface area contributed by atoms with Crippen molar-refractivity contribution < 1.29 is 14.0 Å². The van der Waals surface area contributed by atoms with Gasteiger partial charge in [-0.05, 0) is 42.8 Å². The highest BCUT2D eigenvalue weighted by Crippen LogP contribution is 2.30. The van der Waals surface area contributed by atoms with Crippen molar-refractivity contribution in [3.63, 3.8) is 0 Å². The molecular formula is C15H10BrFN2O2. The van der Waals surface area contributed by atoms with E-state index in [1.165, 1.54) is 12.1 Å². The molecule has 0 saturated heterocycles. The SMILES string of the molecule is Cc1ccc(-c2nc(-c3cc(F)ccc3Br)no2)cc1O. The molecule has 0 fully saturated rings. The lowest BCUT2D eigenvalue weighted by molar-refractivity contribution is 0.431. The van der Waals surface area contributed by atoms with Gasteiger partial charge in [0.15, 0.2) is 0 Å². The zero-order valence-electron chi connectivity index (χ0n) is 11.0. The van der Waals surface area contributed by atoms with E-state index in [1.807, 2.05) is 0 Å². The van der Waals surface area contributed by atoms with E-state index in [4.69, 9.17) is 4.52 Å². The Labute approximate surface area is 128 Å². The van der Waals surface area contributed by atoms with Crippen LogP contribution in [-0.2, 0) is 0 Å². The van der Waals surface area contributed by atoms with E-state index in [1.54, 1.807) is 31.2 Å². The maximum absolute atomic E-state index is 13.3. The number of phenolic OH excluding ortho intramolecular Hbond substituents is 1. The molecule has 0 radical (unpaired) electrons. The number of aromatic hydroxyl groups is 1. The van der Waals surface area contributed by atoms with Crippen molar-refractivity contribution in [2.75, 3.05) is 0 Å². The minimum Gasteiger partial charge on any atom is -0.508 e. The molecule has 2 aromatic carbocycles. The topological polar surface area (TPSA) is 59.2 Å². The van der Waals surface area contributed by atoms with Crippen LogP contribution in [-0.4, -0.2) is 15.2 Å². The zero-order valence-corrected chi connectivity index (χ0v) is 12.6. The molecule has 0 unspecified atom stereocenters. The van der Waals surface area contributed by atoms with Gasteiger partial charge in [0.2, 0.25) is 5.82 Å². The second-order valence-corrected chi connectivity index (χ2v) is 5.40. The Morgan fingerprint density at radius 2 is 2.00 bits per heavy atom. The van der Waals surface area contributed by atoms with Crippen LogP contribution in [0.2, 0.25) is 0 Å². The highest BCUT2D eigenvalue weighted by molar-refractivity contribution is 9.10. The van der Waals surface area contributed by atoms with Gasteiger partial charge in [-0.3, -0.25) is 0 Å². The lowest BCUT2D eigenvalue weighted by Crippen LogP contribution is -1.85. The molecule has 3 rings (SSSR count). The molecule has 1 N–H and O–H groups in total. The van der Waals surface area contributed by atoms with Crippen molar-refractivity contribution >= 4 is 15.9 Å². The van der Waals surface area contributed by atoms with Gasteiger partial charge in [0, 0.05) is 15.6 Å². The predicted molar refractivity (Wildman–Crippen MR) is 79.2 cm³/mol. The van der Waals surface area contributed by atoms with Gasteiger partial charge in [-0.2, -0.15) is 4.98 Å². The number of aromatic nitrogens is 2. The Morgan fingerprint density at radius 3 is 2.76 bits per heavy atom. The molecule has 4 nitrogen and oxygen atoms in total. The van der Waals surface area contributed by atoms with Crippen LogP contribution in [0.15, 0.2) is 45.4 Å². The first-order chi connectivity index (χ1) is 10.0. The average Bonchev–Trinajstić information content (AvgIpc) is 2.94. The summed E-state index contributed by atoms with van der Waals surface area (Å²) >= 11 is 3.33. The first-order valence-corrected chi connectivity index (χ1v) is 6.93. The molecule has 21 heavy (non-hydrogen) atoms. The van der Waals surface area contributed by atoms with Crippen molar-refractivity contribution in [1.82, 2.24) is 10.1 Å². The summed E-state index contributed by atoms with van der Waals surface area (Å²) in [5, 5.41) is 13.6. The summed E-state index contributed by atoms with van der Waals surface area (Å²) < 4.78 is 19.2. The number of phenols is 1. The number of rotatable bonds is 2. The van der Waals surface area contributed by atoms with Gasteiger partial charge in [-0.25, -0.2) is 4.39 Å². The van der Waals surface area contributed by atoms with Crippen LogP contribution in [0.4, 0.5) is 4.39 Å². The van der Waals surface area contributed by atoms with Crippen LogP contribution in [0.25, 0.3) is 22.8 Å². The number of hydrogen-bond acceptors (Lipinski definition) is 4. The maximum atomic E-state index is 13.3. The van der Waals surface area contributed by atoms with Gasteiger partial charge in [-0.1, -0.05) is 27.2 Å². The van der Waals surface area contributed by atoms with E-state index in [0.717, 1.165) is 5.56 Å². The van der Waals surface area contributed by atoms with Gasteiger partial charge in [0.1, 0.15) is 11.6 Å². The molecule has 0 aliphatic heterocycles. The molecule has 1 aromatic heterocycles. The van der Waals surface area contributed by atoms with Crippen LogP contribution in [0.1, 0.15) is 5.56 Å². The van der Waals surface area contributed by atoms with Crippen LogP contribution in [0.5, 0.6) is 5.75 Å². The maximum Gasteiger partial charge on any atom is 0.258 e. The number of halogens is 2. The Morgan fingerprint density at radius 1 is 1.19 bits per heavy atom. The van der Waals surface area contributed by atoms with Gasteiger partial charge < -0.3 is 9.63 Å². The lowest BCUT2D eigenvalue weighted by atomic mass is 10.1. The third-order valence-electron chi connectivity index (χ3n) is 3.05. The Kier molecular flexibility index (Phi) is 3.47. The van der Waals surface area contributed by atoms with E-state index in [9.17, 15) is 9.50 Å². The van der Waals surface area contributed by atoms with Crippen LogP contribution in [0.3, 0.4) is 0 Å². The second kappa shape index (κ2) is 5.29. The molecule has 0 aliphatic rings. The summed E-state index contributed by atoms with van der Waals surface area (Å²) in [5.74, 6) is 0.305. The van der Waals surface area contributed by atoms with E-state index in [-0.39, 0.29) is 23.3 Å². The summed E-state index contributed by atoms with van der Waals surface area (Å²) in [6.07, 6.45) is 0.